The van der Waals surface area contributed by atoms with Gasteiger partial charge < -0.3 is 16.7 Å². The molecular weight excluding hydrogens is 191 g/mol. The first kappa shape index (κ1) is 16.3. The van der Waals surface area contributed by atoms with Crippen molar-refractivity contribution in [1.29, 1.82) is 0 Å². The summed E-state index contributed by atoms with van der Waals surface area (Å²) in [7, 11) is -3.37. The zero-order chi connectivity index (χ0) is 6.99. The molecule has 0 aliphatic rings. The van der Waals surface area contributed by atoms with E-state index in [1.54, 1.807) is 0 Å². The van der Waals surface area contributed by atoms with Gasteiger partial charge in [0.25, 0.3) is 8.25 Å². The quantitative estimate of drug-likeness (QED) is 0.339. The predicted octanol–water partition coefficient (Wildman–Crippen LogP) is -0.0175. The third-order valence-electron chi connectivity index (χ3n) is 0.354. The van der Waals surface area contributed by atoms with Gasteiger partial charge in [0.2, 0.25) is 0 Å². The molecule has 0 bridgehead atoms. The summed E-state index contributed by atoms with van der Waals surface area (Å²) in [6.07, 6.45) is 2.28. The van der Waals surface area contributed by atoms with Gasteiger partial charge in [0, 0.05) is 0 Å². The van der Waals surface area contributed by atoms with Crippen molar-refractivity contribution in [1.82, 2.24) is 0 Å². The van der Waals surface area contributed by atoms with Crippen LogP contribution in [0, 0.1) is 6.92 Å². The number of hydrogen-bond donors (Lipinski definition) is 0. The van der Waals surface area contributed by atoms with Crippen LogP contribution in [0.4, 0.5) is 0 Å². The van der Waals surface area contributed by atoms with Crippen LogP contribution < -0.4 is 9.79 Å². The molecule has 0 aromatic heterocycles. The summed E-state index contributed by atoms with van der Waals surface area (Å²) in [5.41, 5.74) is 0. The average Bonchev–Trinajstić information content (AvgIpc) is 1.65. The van der Waals surface area contributed by atoms with Crippen LogP contribution in [0.1, 0.15) is 19.8 Å². The zero-order valence-electron chi connectivity index (χ0n) is 5.09. The van der Waals surface area contributed by atoms with Crippen LogP contribution >= 0.6 is 8.25 Å². The van der Waals surface area contributed by atoms with Gasteiger partial charge in [0.15, 0.2) is 0 Å². The second-order valence-corrected chi connectivity index (χ2v) is 1.52. The Morgan fingerprint density at radius 3 is 1.67 bits per heavy atom. The molecule has 0 aliphatic carbocycles. The minimum absolute atomic E-state index is 0. The topological polar surface area (TPSA) is 63.2 Å². The van der Waals surface area contributed by atoms with Crippen molar-refractivity contribution in [3.63, 3.8) is 0 Å². The first-order chi connectivity index (χ1) is 3.65. The van der Waals surface area contributed by atoms with E-state index in [9.17, 15) is 0 Å². The molecule has 0 aromatic rings. The van der Waals surface area contributed by atoms with Crippen molar-refractivity contribution < 1.29 is 31.4 Å². The summed E-state index contributed by atoms with van der Waals surface area (Å²) in [6.45, 7) is 5.72. The van der Waals surface area contributed by atoms with Crippen molar-refractivity contribution in [2.45, 2.75) is 19.8 Å². The summed E-state index contributed by atoms with van der Waals surface area (Å²) in [4.78, 5) is 17.0. The monoisotopic (exact) mass is 199 g/mol. The molecular formula is C4H9CuO3P. The van der Waals surface area contributed by atoms with Gasteiger partial charge >= 0.3 is 17.1 Å². The van der Waals surface area contributed by atoms with E-state index in [0.29, 0.717) is 0 Å². The smallest absolute Gasteiger partial charge is 0.598 e. The molecule has 1 radical (unpaired) electrons. The summed E-state index contributed by atoms with van der Waals surface area (Å²) in [5.74, 6) is 0. The Hall–Kier alpha value is 0.539. The molecule has 3 nitrogen and oxygen atoms in total. The minimum Gasteiger partial charge on any atom is -0.598 e. The Morgan fingerprint density at radius 1 is 1.56 bits per heavy atom. The molecule has 9 heavy (non-hydrogen) atoms. The maximum Gasteiger partial charge on any atom is 2.00 e. The maximum atomic E-state index is 8.48. The zero-order valence-corrected chi connectivity index (χ0v) is 6.93. The van der Waals surface area contributed by atoms with Crippen molar-refractivity contribution >= 4 is 8.25 Å². The van der Waals surface area contributed by atoms with Gasteiger partial charge in [-0.1, -0.05) is 17.9 Å². The molecule has 0 unspecified atom stereocenters. The molecule has 59 valence electrons. The maximum absolute atomic E-state index is 8.48. The molecule has 0 heterocycles. The van der Waals surface area contributed by atoms with Crippen molar-refractivity contribution in [3.05, 3.63) is 6.92 Å². The van der Waals surface area contributed by atoms with Crippen molar-refractivity contribution in [2.24, 2.45) is 0 Å². The second kappa shape index (κ2) is 15.8. The second-order valence-electron chi connectivity index (χ2n) is 1.08. The van der Waals surface area contributed by atoms with Crippen molar-refractivity contribution in [2.75, 3.05) is 0 Å². The van der Waals surface area contributed by atoms with Gasteiger partial charge in [0.05, 0.1) is 0 Å². The molecule has 0 saturated carbocycles. The SMILES string of the molecule is O=[P+]([O-])[O-].[CH2-]CCC.[Cu+2]. The molecule has 0 atom stereocenters. The van der Waals surface area contributed by atoms with E-state index in [4.69, 9.17) is 14.4 Å². The third kappa shape index (κ3) is 154. The Balaban J connectivity index is -0.0000000720. The van der Waals surface area contributed by atoms with E-state index in [0.717, 1.165) is 6.42 Å². The van der Waals surface area contributed by atoms with Gasteiger partial charge in [-0.15, -0.1) is 0 Å². The van der Waals surface area contributed by atoms with Crippen LogP contribution in [-0.2, 0) is 21.6 Å². The van der Waals surface area contributed by atoms with Gasteiger partial charge in [-0.05, 0) is 0 Å². The molecule has 0 spiro atoms. The van der Waals surface area contributed by atoms with Crippen molar-refractivity contribution in [3.8, 4) is 0 Å². The normalized spacial score (nSPS) is 6.22. The summed E-state index contributed by atoms with van der Waals surface area (Å²) >= 11 is 0. The fourth-order valence-electron chi connectivity index (χ4n) is 0. The Morgan fingerprint density at radius 2 is 1.67 bits per heavy atom. The van der Waals surface area contributed by atoms with Crippen LogP contribution in [0.15, 0.2) is 0 Å². The van der Waals surface area contributed by atoms with Crippen LogP contribution in [0.2, 0.25) is 0 Å². The first-order valence-corrected chi connectivity index (χ1v) is 3.35. The first-order valence-electron chi connectivity index (χ1n) is 2.25. The standard InChI is InChI=1S/C4H9.Cu.HO3P/c1-3-4-2;;1-4(2)3/h1,3-4H2,2H3;;(H,1,2,3)/q-1;+2;/p-1. The van der Waals surface area contributed by atoms with Gasteiger partial charge in [-0.3, -0.25) is 0 Å². The van der Waals surface area contributed by atoms with Crippen LogP contribution in [0.25, 0.3) is 0 Å². The predicted molar refractivity (Wildman–Crippen MR) is 27.9 cm³/mol. The van der Waals surface area contributed by atoms with E-state index < -0.39 is 8.25 Å². The molecule has 0 aliphatic heterocycles. The summed E-state index contributed by atoms with van der Waals surface area (Å²) in [6, 6.07) is 0. The van der Waals surface area contributed by atoms with E-state index >= 15 is 0 Å². The Labute approximate surface area is 66.9 Å². The minimum atomic E-state index is -3.37. The molecule has 0 saturated heterocycles. The van der Waals surface area contributed by atoms with Gasteiger partial charge in [-0.2, -0.15) is 6.42 Å². The van der Waals surface area contributed by atoms with E-state index in [1.807, 2.05) is 0 Å². The van der Waals surface area contributed by atoms with E-state index in [2.05, 4.69) is 13.8 Å². The van der Waals surface area contributed by atoms with E-state index in [-0.39, 0.29) is 17.1 Å². The molecule has 0 rings (SSSR count). The summed E-state index contributed by atoms with van der Waals surface area (Å²) < 4.78 is 8.48. The number of unbranched alkanes of at least 4 members (excludes halogenated alkanes) is 1. The number of rotatable bonds is 1. The van der Waals surface area contributed by atoms with Crippen LogP contribution in [-0.4, -0.2) is 0 Å². The molecule has 0 fully saturated rings. The molecule has 0 aromatic carbocycles. The van der Waals surface area contributed by atoms with Gasteiger partial charge in [-0.25, -0.2) is 0 Å². The van der Waals surface area contributed by atoms with Crippen LogP contribution in [0.5, 0.6) is 0 Å². The average molecular weight is 200 g/mol. The fourth-order valence-corrected chi connectivity index (χ4v) is 0. The molecule has 5 heteroatoms. The van der Waals surface area contributed by atoms with Crippen LogP contribution in [0.3, 0.4) is 0 Å². The Bertz CT molecular complexity index is 53.8. The fraction of sp³-hybridized carbons (Fsp3) is 0.750. The number of hydrogen-bond acceptors (Lipinski definition) is 3. The third-order valence-corrected chi connectivity index (χ3v) is 0.354. The Kier molecular flexibility index (Phi) is 28.6. The molecule has 0 N–H and O–H groups in total. The molecule has 0 amide bonds. The largest absolute Gasteiger partial charge is 2.00 e. The summed E-state index contributed by atoms with van der Waals surface area (Å²) in [5, 5.41) is 0. The van der Waals surface area contributed by atoms with E-state index in [1.165, 1.54) is 6.42 Å². The van der Waals surface area contributed by atoms with Gasteiger partial charge in [0.1, 0.15) is 0 Å².